The van der Waals surface area contributed by atoms with Gasteiger partial charge in [0.05, 0.1) is 17.2 Å². The summed E-state index contributed by atoms with van der Waals surface area (Å²) in [5, 5.41) is 2.50. The van der Waals surface area contributed by atoms with E-state index in [4.69, 9.17) is 15.4 Å². The van der Waals surface area contributed by atoms with E-state index in [0.29, 0.717) is 6.61 Å². The molecule has 9 heteroatoms. The van der Waals surface area contributed by atoms with Gasteiger partial charge in [-0.1, -0.05) is 0 Å². The predicted molar refractivity (Wildman–Crippen MR) is 80.6 cm³/mol. The summed E-state index contributed by atoms with van der Waals surface area (Å²) in [5.41, 5.74) is -0.139. The van der Waals surface area contributed by atoms with Crippen LogP contribution in [0.5, 0.6) is 0 Å². The molecule has 1 aromatic carbocycles. The van der Waals surface area contributed by atoms with Gasteiger partial charge in [0.1, 0.15) is 10.7 Å². The minimum absolute atomic E-state index is 0.0278. The quantitative estimate of drug-likeness (QED) is 0.586. The summed E-state index contributed by atoms with van der Waals surface area (Å²) < 4.78 is 41.2. The molecule has 1 amide bonds. The first kappa shape index (κ1) is 18.3. The van der Waals surface area contributed by atoms with Crippen molar-refractivity contribution in [3.8, 4) is 0 Å². The molecule has 118 valence electrons. The zero-order valence-corrected chi connectivity index (χ0v) is 14.5. The Hall–Kier alpha value is -0.700. The largest absolute Gasteiger partial charge is 0.377 e. The van der Waals surface area contributed by atoms with E-state index in [9.17, 15) is 17.6 Å². The van der Waals surface area contributed by atoms with E-state index in [1.54, 1.807) is 0 Å². The molecule has 0 atom stereocenters. The van der Waals surface area contributed by atoms with Crippen molar-refractivity contribution < 1.29 is 22.3 Å². The first-order chi connectivity index (χ1) is 9.62. The Balaban J connectivity index is 2.89. The number of rotatable bonds is 6. The molecule has 0 saturated heterocycles. The van der Waals surface area contributed by atoms with Crippen LogP contribution in [0.15, 0.2) is 21.5 Å². The highest BCUT2D eigenvalue weighted by Gasteiger charge is 2.21. The third kappa shape index (κ3) is 5.54. The van der Waals surface area contributed by atoms with Gasteiger partial charge in [-0.15, -0.1) is 0 Å². The fourth-order valence-corrected chi connectivity index (χ4v) is 3.53. The van der Waals surface area contributed by atoms with Gasteiger partial charge in [-0.05, 0) is 41.9 Å². The second kappa shape index (κ2) is 7.53. The molecular weight excluding hydrogens is 389 g/mol. The van der Waals surface area contributed by atoms with Gasteiger partial charge < -0.3 is 10.1 Å². The number of halogens is 3. The van der Waals surface area contributed by atoms with Crippen LogP contribution >= 0.6 is 26.6 Å². The minimum atomic E-state index is -4.17. The molecule has 0 fully saturated rings. The number of ether oxygens (including phenoxy) is 1. The Morgan fingerprint density at radius 2 is 2.10 bits per heavy atom. The maximum Gasteiger partial charge on any atom is 0.262 e. The molecule has 0 heterocycles. The zero-order valence-electron chi connectivity index (χ0n) is 11.3. The Bertz CT molecular complexity index is 636. The normalized spacial score (nSPS) is 11.7. The van der Waals surface area contributed by atoms with Crippen molar-refractivity contribution in [3.63, 3.8) is 0 Å². The van der Waals surface area contributed by atoms with Gasteiger partial charge in [0, 0.05) is 22.8 Å². The van der Waals surface area contributed by atoms with Crippen molar-refractivity contribution >= 4 is 41.6 Å². The summed E-state index contributed by atoms with van der Waals surface area (Å²) in [5.74, 6) is -1.50. The molecule has 0 saturated carbocycles. The third-order valence-corrected chi connectivity index (χ3v) is 4.77. The second-order valence-electron chi connectivity index (χ2n) is 4.38. The number of carbonyl (C=O) groups is 1. The SMILES string of the molecule is CC(C)OCCNC(=O)c1cc(F)c(Br)c(S(=O)(=O)Cl)c1. The summed E-state index contributed by atoms with van der Waals surface area (Å²) in [6.45, 7) is 4.22. The minimum Gasteiger partial charge on any atom is -0.377 e. The van der Waals surface area contributed by atoms with Crippen molar-refractivity contribution in [3.05, 3.63) is 28.0 Å². The summed E-state index contributed by atoms with van der Waals surface area (Å²) in [7, 11) is 1.03. The maximum absolute atomic E-state index is 13.6. The lowest BCUT2D eigenvalue weighted by Crippen LogP contribution is -2.28. The summed E-state index contributed by atoms with van der Waals surface area (Å²) in [6, 6.07) is 1.93. The molecule has 1 N–H and O–H groups in total. The van der Waals surface area contributed by atoms with Gasteiger partial charge in [-0.25, -0.2) is 12.8 Å². The van der Waals surface area contributed by atoms with Gasteiger partial charge in [0.25, 0.3) is 15.0 Å². The molecule has 0 aliphatic heterocycles. The molecule has 21 heavy (non-hydrogen) atoms. The Kier molecular flexibility index (Phi) is 6.58. The average molecular weight is 403 g/mol. The van der Waals surface area contributed by atoms with E-state index in [0.717, 1.165) is 12.1 Å². The van der Waals surface area contributed by atoms with Gasteiger partial charge in [0.15, 0.2) is 0 Å². The van der Waals surface area contributed by atoms with Crippen LogP contribution in [-0.2, 0) is 13.8 Å². The average Bonchev–Trinajstić information content (AvgIpc) is 2.35. The molecule has 0 bridgehead atoms. The highest BCUT2D eigenvalue weighted by atomic mass is 79.9. The molecule has 0 aromatic heterocycles. The molecular formula is C12H14BrClFNO4S. The van der Waals surface area contributed by atoms with E-state index in [1.165, 1.54) is 0 Å². The van der Waals surface area contributed by atoms with Crippen LogP contribution in [-0.4, -0.2) is 33.6 Å². The van der Waals surface area contributed by atoms with Crippen LogP contribution in [0.3, 0.4) is 0 Å². The van der Waals surface area contributed by atoms with Gasteiger partial charge >= 0.3 is 0 Å². The van der Waals surface area contributed by atoms with E-state index in [-0.39, 0.29) is 22.7 Å². The van der Waals surface area contributed by atoms with Crippen LogP contribution in [0.2, 0.25) is 0 Å². The standard InChI is InChI=1S/C12H14BrClFNO4S/c1-7(2)20-4-3-16-12(17)8-5-9(15)11(13)10(6-8)21(14,18)19/h5-7H,3-4H2,1-2H3,(H,16,17). The van der Waals surface area contributed by atoms with Crippen LogP contribution in [0.25, 0.3) is 0 Å². The first-order valence-electron chi connectivity index (χ1n) is 5.96. The summed E-state index contributed by atoms with van der Waals surface area (Å²) in [4.78, 5) is 11.4. The van der Waals surface area contributed by atoms with Crippen molar-refractivity contribution in [2.75, 3.05) is 13.2 Å². The van der Waals surface area contributed by atoms with Crippen molar-refractivity contribution in [2.45, 2.75) is 24.8 Å². The Labute approximate surface area is 135 Å². The monoisotopic (exact) mass is 401 g/mol. The van der Waals surface area contributed by atoms with Gasteiger partial charge in [0.2, 0.25) is 0 Å². The molecule has 5 nitrogen and oxygen atoms in total. The van der Waals surface area contributed by atoms with Crippen LogP contribution in [0.4, 0.5) is 4.39 Å². The highest BCUT2D eigenvalue weighted by Crippen LogP contribution is 2.29. The molecule has 1 aromatic rings. The number of hydrogen-bond acceptors (Lipinski definition) is 4. The predicted octanol–water partition coefficient (Wildman–Crippen LogP) is 2.67. The summed E-state index contributed by atoms with van der Waals surface area (Å²) >= 11 is 2.79. The van der Waals surface area contributed by atoms with E-state index >= 15 is 0 Å². The molecule has 0 spiro atoms. The van der Waals surface area contributed by atoms with Gasteiger partial charge in [-0.2, -0.15) is 0 Å². The van der Waals surface area contributed by atoms with Crippen LogP contribution < -0.4 is 5.32 Å². The Morgan fingerprint density at radius 3 is 2.62 bits per heavy atom. The van der Waals surface area contributed by atoms with Gasteiger partial charge in [-0.3, -0.25) is 4.79 Å². The van der Waals surface area contributed by atoms with Crippen LogP contribution in [0.1, 0.15) is 24.2 Å². The van der Waals surface area contributed by atoms with Crippen molar-refractivity contribution in [1.82, 2.24) is 5.32 Å². The smallest absolute Gasteiger partial charge is 0.262 e. The Morgan fingerprint density at radius 1 is 1.48 bits per heavy atom. The fraction of sp³-hybridized carbons (Fsp3) is 0.417. The molecule has 0 unspecified atom stereocenters. The van der Waals surface area contributed by atoms with Crippen molar-refractivity contribution in [1.29, 1.82) is 0 Å². The van der Waals surface area contributed by atoms with E-state index < -0.39 is 25.7 Å². The zero-order chi connectivity index (χ0) is 16.2. The number of hydrogen-bond donors (Lipinski definition) is 1. The molecule has 0 radical (unpaired) electrons. The fourth-order valence-electron chi connectivity index (χ4n) is 1.43. The molecule has 0 aliphatic rings. The summed E-state index contributed by atoms with van der Waals surface area (Å²) in [6.07, 6.45) is 0.0278. The van der Waals surface area contributed by atoms with E-state index in [1.807, 2.05) is 13.8 Å². The lowest BCUT2D eigenvalue weighted by molar-refractivity contribution is 0.0746. The number of benzene rings is 1. The second-order valence-corrected chi connectivity index (χ2v) is 7.71. The number of carbonyl (C=O) groups excluding carboxylic acids is 1. The van der Waals surface area contributed by atoms with Crippen LogP contribution in [0, 0.1) is 5.82 Å². The first-order valence-corrected chi connectivity index (χ1v) is 9.06. The lowest BCUT2D eigenvalue weighted by Gasteiger charge is -2.10. The highest BCUT2D eigenvalue weighted by molar-refractivity contribution is 9.10. The number of amides is 1. The maximum atomic E-state index is 13.6. The van der Waals surface area contributed by atoms with Crippen molar-refractivity contribution in [2.24, 2.45) is 0 Å². The van der Waals surface area contributed by atoms with E-state index in [2.05, 4.69) is 21.2 Å². The molecule has 1 rings (SSSR count). The lowest BCUT2D eigenvalue weighted by atomic mass is 10.2. The molecule has 0 aliphatic carbocycles. The third-order valence-electron chi connectivity index (χ3n) is 2.36. The number of nitrogens with one attached hydrogen (secondary N) is 1. The topological polar surface area (TPSA) is 72.5 Å².